The summed E-state index contributed by atoms with van der Waals surface area (Å²) in [4.78, 5) is 29.7. The first-order valence-electron chi connectivity index (χ1n) is 11.6. The summed E-state index contributed by atoms with van der Waals surface area (Å²) in [6, 6.07) is 27.3. The minimum Gasteiger partial charge on any atom is -0.354 e. The molecule has 3 aromatic rings. The zero-order valence-corrected chi connectivity index (χ0v) is 21.9. The van der Waals surface area contributed by atoms with Gasteiger partial charge in [0.05, 0.1) is 0 Å². The topological polar surface area (TPSA) is 49.4 Å². The van der Waals surface area contributed by atoms with Crippen molar-refractivity contribution in [2.24, 2.45) is 0 Å². The Labute approximate surface area is 215 Å². The van der Waals surface area contributed by atoms with Gasteiger partial charge in [-0.15, -0.1) is 11.8 Å². The van der Waals surface area contributed by atoms with Gasteiger partial charge in [0.2, 0.25) is 11.8 Å². The molecule has 0 aliphatic rings. The molecule has 34 heavy (non-hydrogen) atoms. The predicted octanol–water partition coefficient (Wildman–Crippen LogP) is 6.10. The van der Waals surface area contributed by atoms with Crippen LogP contribution in [0.3, 0.4) is 0 Å². The number of hydrogen-bond acceptors (Lipinski definition) is 3. The van der Waals surface area contributed by atoms with E-state index in [0.29, 0.717) is 31.7 Å². The van der Waals surface area contributed by atoms with Crippen LogP contribution in [-0.4, -0.2) is 35.1 Å². The molecule has 178 valence electrons. The lowest BCUT2D eigenvalue weighted by Crippen LogP contribution is -2.50. The smallest absolute Gasteiger partial charge is 0.243 e. The van der Waals surface area contributed by atoms with Gasteiger partial charge in [0, 0.05) is 41.1 Å². The Hall–Kier alpha value is -2.57. The van der Waals surface area contributed by atoms with Crippen molar-refractivity contribution >= 4 is 39.5 Å². The van der Waals surface area contributed by atoms with Crippen LogP contribution >= 0.6 is 27.7 Å². The number of amides is 2. The summed E-state index contributed by atoms with van der Waals surface area (Å²) < 4.78 is 0.981. The number of carbonyl (C=O) groups is 2. The van der Waals surface area contributed by atoms with Crippen LogP contribution in [-0.2, 0) is 22.6 Å². The van der Waals surface area contributed by atoms with Crippen LogP contribution < -0.4 is 5.32 Å². The fraction of sp³-hybridized carbons (Fsp3) is 0.286. The molecule has 4 nitrogen and oxygen atoms in total. The summed E-state index contributed by atoms with van der Waals surface area (Å²) in [5.74, 6) is 0.541. The van der Waals surface area contributed by atoms with E-state index in [1.807, 2.05) is 91.9 Å². The van der Waals surface area contributed by atoms with Crippen LogP contribution in [0.5, 0.6) is 0 Å². The number of nitrogens with zero attached hydrogens (tertiary/aromatic N) is 1. The molecule has 0 radical (unpaired) electrons. The van der Waals surface area contributed by atoms with Crippen molar-refractivity contribution in [3.63, 3.8) is 0 Å². The number of hydrogen-bond donors (Lipinski definition) is 1. The molecule has 0 bridgehead atoms. The molecule has 0 unspecified atom stereocenters. The van der Waals surface area contributed by atoms with E-state index >= 15 is 0 Å². The van der Waals surface area contributed by atoms with Crippen LogP contribution in [0.2, 0.25) is 0 Å². The maximum Gasteiger partial charge on any atom is 0.243 e. The maximum absolute atomic E-state index is 13.5. The number of rotatable bonds is 12. The third-order valence-corrected chi connectivity index (χ3v) is 6.96. The second kappa shape index (κ2) is 14.0. The monoisotopic (exact) mass is 538 g/mol. The Balaban J connectivity index is 1.82. The zero-order chi connectivity index (χ0) is 24.2. The van der Waals surface area contributed by atoms with Crippen molar-refractivity contribution in [3.8, 4) is 0 Å². The molecule has 3 aromatic carbocycles. The molecule has 0 saturated carbocycles. The summed E-state index contributed by atoms with van der Waals surface area (Å²) in [5, 5.41) is 3.02. The summed E-state index contributed by atoms with van der Waals surface area (Å²) in [6.45, 7) is 3.01. The Morgan fingerprint density at radius 3 is 2.21 bits per heavy atom. The number of nitrogens with one attached hydrogen (secondary N) is 1. The number of benzene rings is 3. The minimum atomic E-state index is -0.577. The normalized spacial score (nSPS) is 11.6. The van der Waals surface area contributed by atoms with E-state index in [-0.39, 0.29) is 11.8 Å². The minimum absolute atomic E-state index is 0.0149. The molecule has 2 amide bonds. The first-order valence-corrected chi connectivity index (χ1v) is 13.4. The van der Waals surface area contributed by atoms with Gasteiger partial charge in [-0.2, -0.15) is 0 Å². The molecule has 0 saturated heterocycles. The van der Waals surface area contributed by atoms with Gasteiger partial charge in [-0.25, -0.2) is 0 Å². The third-order valence-electron chi connectivity index (χ3n) is 5.41. The molecule has 1 atom stereocenters. The Kier molecular flexibility index (Phi) is 10.7. The standard InChI is InChI=1S/C28H31BrN2O2S/c1-2-18-30-28(33)26(20-22-9-5-3-6-10-22)31(21-23-13-15-24(29)16-14-23)27(32)17-19-34-25-11-7-4-8-12-25/h3-16,26H,2,17-21H2,1H3,(H,30,33)/t26-/m1/s1. The number of thioether (sulfide) groups is 1. The SMILES string of the molecule is CCCNC(=O)[C@@H](Cc1ccccc1)N(Cc1ccc(Br)cc1)C(=O)CCSc1ccccc1. The molecule has 0 aliphatic heterocycles. The molecule has 0 spiro atoms. The molecular weight excluding hydrogens is 508 g/mol. The zero-order valence-electron chi connectivity index (χ0n) is 19.5. The highest BCUT2D eigenvalue weighted by molar-refractivity contribution is 9.10. The summed E-state index contributed by atoms with van der Waals surface area (Å²) in [5.41, 5.74) is 2.03. The quantitative estimate of drug-likeness (QED) is 0.283. The number of halogens is 1. The van der Waals surface area contributed by atoms with E-state index in [0.717, 1.165) is 26.9 Å². The summed E-state index contributed by atoms with van der Waals surface area (Å²) >= 11 is 5.13. The lowest BCUT2D eigenvalue weighted by molar-refractivity contribution is -0.141. The van der Waals surface area contributed by atoms with Crippen molar-refractivity contribution in [3.05, 3.63) is 101 Å². The van der Waals surface area contributed by atoms with Crippen LogP contribution in [0.4, 0.5) is 0 Å². The molecule has 0 heterocycles. The van der Waals surface area contributed by atoms with Gasteiger partial charge in [0.25, 0.3) is 0 Å². The fourth-order valence-electron chi connectivity index (χ4n) is 3.62. The summed E-state index contributed by atoms with van der Waals surface area (Å²) in [6.07, 6.45) is 1.69. The van der Waals surface area contributed by atoms with Gasteiger partial charge in [-0.05, 0) is 41.8 Å². The van der Waals surface area contributed by atoms with Crippen molar-refractivity contribution in [2.75, 3.05) is 12.3 Å². The second-order valence-electron chi connectivity index (χ2n) is 8.06. The largest absolute Gasteiger partial charge is 0.354 e. The lowest BCUT2D eigenvalue weighted by atomic mass is 10.0. The predicted molar refractivity (Wildman–Crippen MR) is 144 cm³/mol. The van der Waals surface area contributed by atoms with E-state index in [2.05, 4.69) is 21.2 Å². The van der Waals surface area contributed by atoms with Crippen molar-refractivity contribution in [1.82, 2.24) is 10.2 Å². The molecule has 6 heteroatoms. The Morgan fingerprint density at radius 2 is 1.56 bits per heavy atom. The average molecular weight is 540 g/mol. The highest BCUT2D eigenvalue weighted by atomic mass is 79.9. The van der Waals surface area contributed by atoms with Crippen molar-refractivity contribution in [2.45, 2.75) is 43.7 Å². The second-order valence-corrected chi connectivity index (χ2v) is 10.1. The number of carbonyl (C=O) groups excluding carboxylic acids is 2. The first kappa shape index (κ1) is 26.0. The van der Waals surface area contributed by atoms with Crippen LogP contribution in [0.1, 0.15) is 30.9 Å². The Bertz CT molecular complexity index is 1030. The molecule has 0 aromatic heterocycles. The third kappa shape index (κ3) is 8.33. The van der Waals surface area contributed by atoms with E-state index < -0.39 is 6.04 Å². The van der Waals surface area contributed by atoms with E-state index in [1.165, 1.54) is 0 Å². The Morgan fingerprint density at radius 1 is 0.912 bits per heavy atom. The van der Waals surface area contributed by atoms with Gasteiger partial charge in [0.15, 0.2) is 0 Å². The first-order chi connectivity index (χ1) is 16.6. The van der Waals surface area contributed by atoms with Crippen molar-refractivity contribution < 1.29 is 9.59 Å². The molecule has 3 rings (SSSR count). The maximum atomic E-state index is 13.5. The lowest BCUT2D eigenvalue weighted by Gasteiger charge is -2.31. The van der Waals surface area contributed by atoms with Crippen LogP contribution in [0, 0.1) is 0 Å². The van der Waals surface area contributed by atoms with Gasteiger partial charge in [0.1, 0.15) is 6.04 Å². The van der Waals surface area contributed by atoms with E-state index in [4.69, 9.17) is 0 Å². The van der Waals surface area contributed by atoms with Gasteiger partial charge < -0.3 is 10.2 Å². The highest BCUT2D eigenvalue weighted by Gasteiger charge is 2.30. The average Bonchev–Trinajstić information content (AvgIpc) is 2.87. The van der Waals surface area contributed by atoms with Crippen molar-refractivity contribution in [1.29, 1.82) is 0 Å². The molecule has 0 fully saturated rings. The van der Waals surface area contributed by atoms with E-state index in [1.54, 1.807) is 16.7 Å². The molecule has 0 aliphatic carbocycles. The highest BCUT2D eigenvalue weighted by Crippen LogP contribution is 2.21. The van der Waals surface area contributed by atoms with Crippen LogP contribution in [0.25, 0.3) is 0 Å². The van der Waals surface area contributed by atoms with Gasteiger partial charge >= 0.3 is 0 Å². The van der Waals surface area contributed by atoms with E-state index in [9.17, 15) is 9.59 Å². The summed E-state index contributed by atoms with van der Waals surface area (Å²) in [7, 11) is 0. The molecule has 1 N–H and O–H groups in total. The van der Waals surface area contributed by atoms with Crippen LogP contribution in [0.15, 0.2) is 94.3 Å². The van der Waals surface area contributed by atoms with Gasteiger partial charge in [-0.3, -0.25) is 9.59 Å². The molecular formula is C28H31BrN2O2S. The fourth-order valence-corrected chi connectivity index (χ4v) is 4.75. The van der Waals surface area contributed by atoms with Gasteiger partial charge in [-0.1, -0.05) is 83.5 Å².